The highest BCUT2D eigenvalue weighted by molar-refractivity contribution is 8.00. The van der Waals surface area contributed by atoms with Gasteiger partial charge in [-0.25, -0.2) is 0 Å². The topological polar surface area (TPSA) is 38.7 Å². The number of thioether (sulfide) groups is 1. The highest BCUT2D eigenvalue weighted by atomic mass is 35.5. The quantitative estimate of drug-likeness (QED) is 0.761. The Bertz CT molecular complexity index is 743. The van der Waals surface area contributed by atoms with E-state index in [2.05, 4.69) is 0 Å². The number of carbonyl (C=O) groups is 1. The van der Waals surface area contributed by atoms with Gasteiger partial charge in [-0.15, -0.1) is 11.8 Å². The molecule has 1 aliphatic heterocycles. The van der Waals surface area contributed by atoms with Gasteiger partial charge < -0.3 is 4.74 Å². The smallest absolute Gasteiger partial charge is 0.325 e. The van der Waals surface area contributed by atoms with E-state index in [0.717, 1.165) is 28.3 Å². The summed E-state index contributed by atoms with van der Waals surface area (Å²) in [5, 5.41) is 0.215. The molecular weight excluding hydrogens is 330 g/mol. The van der Waals surface area contributed by atoms with Crippen LogP contribution in [0.15, 0.2) is 53.5 Å². The van der Waals surface area contributed by atoms with Gasteiger partial charge in [-0.05, 0) is 36.2 Å². The zero-order chi connectivity index (χ0) is 16.2. The number of carbonyl (C=O) groups excluding carboxylic acids is 1. The average molecular weight is 346 g/mol. The van der Waals surface area contributed by atoms with Gasteiger partial charge in [0.2, 0.25) is 0 Å². The van der Waals surface area contributed by atoms with E-state index >= 15 is 0 Å². The number of benzene rings is 2. The molecule has 0 amide bonds. The van der Waals surface area contributed by atoms with Crippen LogP contribution in [-0.2, 0) is 15.3 Å². The second-order valence-corrected chi connectivity index (χ2v) is 6.61. The van der Waals surface area contributed by atoms with E-state index in [-0.39, 0.29) is 5.97 Å². The molecule has 2 aromatic rings. The standard InChI is InChI=1S/C18H16ClNO2S/c1-2-22-18(21)17-16(12-7-9-14(19)10-8-12)20-15-6-4-3-5-13(15)11-23-17/h3-10,17H,2,11H2,1H3/t17-/m1/s1. The molecule has 0 unspecified atom stereocenters. The molecule has 0 aliphatic carbocycles. The van der Waals surface area contributed by atoms with Crippen LogP contribution in [0.1, 0.15) is 18.1 Å². The van der Waals surface area contributed by atoms with Crippen molar-refractivity contribution in [3.8, 4) is 0 Å². The summed E-state index contributed by atoms with van der Waals surface area (Å²) in [6, 6.07) is 15.4. The van der Waals surface area contributed by atoms with Gasteiger partial charge in [-0.2, -0.15) is 0 Å². The highest BCUT2D eigenvalue weighted by Gasteiger charge is 2.30. The number of fused-ring (bicyclic) bond motifs is 1. The Hall–Kier alpha value is -1.78. The summed E-state index contributed by atoms with van der Waals surface area (Å²) in [6.07, 6.45) is 0. The third-order valence-corrected chi connectivity index (χ3v) is 5.01. The van der Waals surface area contributed by atoms with Gasteiger partial charge in [0.15, 0.2) is 0 Å². The number of aliphatic imine (C=N–C) groups is 1. The number of esters is 1. The lowest BCUT2D eigenvalue weighted by Gasteiger charge is -2.16. The van der Waals surface area contributed by atoms with E-state index in [1.165, 1.54) is 0 Å². The predicted octanol–water partition coefficient (Wildman–Crippen LogP) is 4.64. The Morgan fingerprint density at radius 3 is 2.74 bits per heavy atom. The first-order chi connectivity index (χ1) is 11.2. The Kier molecular flexibility index (Phi) is 5.03. The third kappa shape index (κ3) is 3.59. The zero-order valence-corrected chi connectivity index (χ0v) is 14.2. The predicted molar refractivity (Wildman–Crippen MR) is 95.8 cm³/mol. The number of halogens is 1. The molecule has 5 heteroatoms. The monoisotopic (exact) mass is 345 g/mol. The van der Waals surface area contributed by atoms with Crippen LogP contribution in [0.25, 0.3) is 0 Å². The summed E-state index contributed by atoms with van der Waals surface area (Å²) in [4.78, 5) is 17.2. The summed E-state index contributed by atoms with van der Waals surface area (Å²) >= 11 is 7.52. The number of hydrogen-bond acceptors (Lipinski definition) is 4. The molecule has 0 aromatic heterocycles. The summed E-state index contributed by atoms with van der Waals surface area (Å²) in [7, 11) is 0. The van der Waals surface area contributed by atoms with Crippen LogP contribution in [0.3, 0.4) is 0 Å². The Labute approximate surface area is 144 Å². The van der Waals surface area contributed by atoms with Gasteiger partial charge in [0.05, 0.1) is 18.0 Å². The molecule has 1 aliphatic rings. The molecule has 2 aromatic carbocycles. The largest absolute Gasteiger partial charge is 0.465 e. The van der Waals surface area contributed by atoms with Crippen molar-refractivity contribution in [2.75, 3.05) is 6.61 Å². The average Bonchev–Trinajstić information content (AvgIpc) is 2.75. The molecule has 0 spiro atoms. The molecule has 0 radical (unpaired) electrons. The lowest BCUT2D eigenvalue weighted by atomic mass is 10.1. The zero-order valence-electron chi connectivity index (χ0n) is 12.7. The van der Waals surface area contributed by atoms with Crippen LogP contribution in [0.4, 0.5) is 5.69 Å². The van der Waals surface area contributed by atoms with Gasteiger partial charge in [0.25, 0.3) is 0 Å². The summed E-state index contributed by atoms with van der Waals surface area (Å²) in [5.74, 6) is 0.472. The summed E-state index contributed by atoms with van der Waals surface area (Å²) < 4.78 is 5.24. The number of rotatable bonds is 3. The first-order valence-electron chi connectivity index (χ1n) is 7.39. The molecule has 3 rings (SSSR count). The van der Waals surface area contributed by atoms with Gasteiger partial charge >= 0.3 is 5.97 Å². The molecule has 23 heavy (non-hydrogen) atoms. The maximum Gasteiger partial charge on any atom is 0.325 e. The van der Waals surface area contributed by atoms with E-state index < -0.39 is 5.25 Å². The highest BCUT2D eigenvalue weighted by Crippen LogP contribution is 2.33. The SMILES string of the molecule is CCOC(=O)[C@@H]1SCc2ccccc2N=C1c1ccc(Cl)cc1. The molecule has 0 bridgehead atoms. The second-order valence-electron chi connectivity index (χ2n) is 5.08. The molecule has 0 saturated carbocycles. The maximum atomic E-state index is 12.4. The molecule has 118 valence electrons. The Morgan fingerprint density at radius 2 is 2.00 bits per heavy atom. The number of nitrogens with zero attached hydrogens (tertiary/aromatic N) is 1. The lowest BCUT2D eigenvalue weighted by Crippen LogP contribution is -2.29. The van der Waals surface area contributed by atoms with E-state index in [0.29, 0.717) is 11.6 Å². The van der Waals surface area contributed by atoms with Gasteiger partial charge in [-0.3, -0.25) is 9.79 Å². The maximum absolute atomic E-state index is 12.4. The summed E-state index contributed by atoms with van der Waals surface area (Å²) in [5.41, 5.74) is 3.62. The minimum absolute atomic E-state index is 0.251. The van der Waals surface area contributed by atoms with Crippen molar-refractivity contribution in [2.45, 2.75) is 17.9 Å². The van der Waals surface area contributed by atoms with Crippen LogP contribution in [-0.4, -0.2) is 23.5 Å². The fraction of sp³-hybridized carbons (Fsp3) is 0.222. The first kappa shape index (κ1) is 16.1. The van der Waals surface area contributed by atoms with Gasteiger partial charge in [0.1, 0.15) is 5.25 Å². The number of para-hydroxylation sites is 1. The number of hydrogen-bond donors (Lipinski definition) is 0. The molecule has 3 nitrogen and oxygen atoms in total. The fourth-order valence-electron chi connectivity index (χ4n) is 2.42. The van der Waals surface area contributed by atoms with E-state index in [9.17, 15) is 4.79 Å². The molecular formula is C18H16ClNO2S. The number of ether oxygens (including phenoxy) is 1. The minimum atomic E-state index is -0.441. The summed E-state index contributed by atoms with van der Waals surface area (Å²) in [6.45, 7) is 2.17. The van der Waals surface area contributed by atoms with Crippen molar-refractivity contribution in [3.05, 3.63) is 64.7 Å². The van der Waals surface area contributed by atoms with E-state index in [1.807, 2.05) is 55.5 Å². The van der Waals surface area contributed by atoms with Gasteiger partial charge in [-0.1, -0.05) is 41.9 Å². The van der Waals surface area contributed by atoms with Crippen molar-refractivity contribution >= 4 is 40.7 Å². The van der Waals surface area contributed by atoms with Crippen LogP contribution in [0.2, 0.25) is 5.02 Å². The van der Waals surface area contributed by atoms with Crippen molar-refractivity contribution in [1.29, 1.82) is 0 Å². The van der Waals surface area contributed by atoms with Crippen LogP contribution >= 0.6 is 23.4 Å². The first-order valence-corrected chi connectivity index (χ1v) is 8.82. The van der Waals surface area contributed by atoms with Crippen molar-refractivity contribution in [1.82, 2.24) is 0 Å². The molecule has 1 atom stereocenters. The van der Waals surface area contributed by atoms with E-state index in [1.54, 1.807) is 11.8 Å². The lowest BCUT2D eigenvalue weighted by molar-refractivity contribution is -0.141. The van der Waals surface area contributed by atoms with Crippen molar-refractivity contribution in [2.24, 2.45) is 4.99 Å². The minimum Gasteiger partial charge on any atom is -0.465 e. The van der Waals surface area contributed by atoms with Crippen LogP contribution < -0.4 is 0 Å². The van der Waals surface area contributed by atoms with Crippen molar-refractivity contribution < 1.29 is 9.53 Å². The Morgan fingerprint density at radius 1 is 1.26 bits per heavy atom. The molecule has 0 saturated heterocycles. The molecule has 0 fully saturated rings. The van der Waals surface area contributed by atoms with Gasteiger partial charge in [0, 0.05) is 10.8 Å². The molecule has 0 N–H and O–H groups in total. The molecule has 1 heterocycles. The van der Waals surface area contributed by atoms with Crippen molar-refractivity contribution in [3.63, 3.8) is 0 Å². The second kappa shape index (κ2) is 7.20. The van der Waals surface area contributed by atoms with Crippen LogP contribution in [0.5, 0.6) is 0 Å². The fourth-order valence-corrected chi connectivity index (χ4v) is 3.68. The normalized spacial score (nSPS) is 17.0. The van der Waals surface area contributed by atoms with Crippen LogP contribution in [0, 0.1) is 0 Å². The Balaban J connectivity index is 2.07. The van der Waals surface area contributed by atoms with E-state index in [4.69, 9.17) is 21.3 Å². The third-order valence-electron chi connectivity index (χ3n) is 3.53.